The van der Waals surface area contributed by atoms with E-state index in [4.69, 9.17) is 16.3 Å². The minimum absolute atomic E-state index is 0.197. The summed E-state index contributed by atoms with van der Waals surface area (Å²) < 4.78 is 5.28. The Morgan fingerprint density at radius 1 is 1.31 bits per heavy atom. The number of hydrogen-bond donors (Lipinski definition) is 3. The van der Waals surface area contributed by atoms with Gasteiger partial charge in [-0.3, -0.25) is 15.1 Å². The number of halogens is 1. The fraction of sp³-hybridized carbons (Fsp3) is 0.444. The summed E-state index contributed by atoms with van der Waals surface area (Å²) in [5.41, 5.74) is 2.12. The third-order valence-electron chi connectivity index (χ3n) is 3.43. The number of guanidine groups is 1. The number of allylic oxidation sites excluding steroid dienone is 1. The number of hydrogen-bond acceptors (Lipinski definition) is 4. The van der Waals surface area contributed by atoms with Crippen LogP contribution in [0.1, 0.15) is 24.2 Å². The van der Waals surface area contributed by atoms with E-state index in [9.17, 15) is 4.79 Å². The largest absolute Gasteiger partial charge is 0.482 e. The molecule has 1 aromatic rings. The molecular weight excluding hydrogens is 354 g/mol. The molecular formula is C18H28ClN5O2. The minimum atomic E-state index is -0.197. The third kappa shape index (κ3) is 6.93. The van der Waals surface area contributed by atoms with Gasteiger partial charge in [0.05, 0.1) is 17.7 Å². The Kier molecular flexibility index (Phi) is 8.95. The summed E-state index contributed by atoms with van der Waals surface area (Å²) in [6.07, 6.45) is 0. The summed E-state index contributed by atoms with van der Waals surface area (Å²) >= 11 is 6.27. The van der Waals surface area contributed by atoms with Crippen molar-refractivity contribution in [2.24, 2.45) is 4.99 Å². The highest BCUT2D eigenvalue weighted by molar-refractivity contribution is 6.34. The molecule has 0 saturated heterocycles. The van der Waals surface area contributed by atoms with Crippen molar-refractivity contribution in [3.63, 3.8) is 0 Å². The summed E-state index contributed by atoms with van der Waals surface area (Å²) in [5.74, 6) is 0.917. The van der Waals surface area contributed by atoms with Crippen molar-refractivity contribution in [1.82, 2.24) is 15.5 Å². The van der Waals surface area contributed by atoms with E-state index < -0.39 is 0 Å². The Labute approximate surface area is 160 Å². The van der Waals surface area contributed by atoms with E-state index in [2.05, 4.69) is 20.9 Å². The molecule has 0 bridgehead atoms. The minimum Gasteiger partial charge on any atom is -0.482 e. The molecule has 0 saturated carbocycles. The van der Waals surface area contributed by atoms with Crippen LogP contribution in [-0.2, 0) is 4.74 Å². The van der Waals surface area contributed by atoms with Crippen LogP contribution in [0.2, 0.25) is 5.02 Å². The lowest BCUT2D eigenvalue weighted by Crippen LogP contribution is -2.32. The number of amides is 1. The third-order valence-corrected chi connectivity index (χ3v) is 3.75. The first-order valence-corrected chi connectivity index (χ1v) is 8.61. The number of rotatable bonds is 7. The van der Waals surface area contributed by atoms with Gasteiger partial charge in [-0.05, 0) is 51.7 Å². The monoisotopic (exact) mass is 381 g/mol. The number of ether oxygens (including phenoxy) is 1. The average Bonchev–Trinajstić information content (AvgIpc) is 2.57. The molecule has 26 heavy (non-hydrogen) atoms. The van der Waals surface area contributed by atoms with Gasteiger partial charge in [0.15, 0.2) is 5.88 Å². The summed E-state index contributed by atoms with van der Waals surface area (Å²) in [5, 5.41) is 9.39. The number of nitrogens with zero attached hydrogens (tertiary/aromatic N) is 2. The van der Waals surface area contributed by atoms with Crippen molar-refractivity contribution in [2.45, 2.75) is 13.8 Å². The molecule has 144 valence electrons. The highest BCUT2D eigenvalue weighted by Crippen LogP contribution is 2.21. The first kappa shape index (κ1) is 21.8. The van der Waals surface area contributed by atoms with Gasteiger partial charge in [-0.1, -0.05) is 11.6 Å². The zero-order valence-corrected chi connectivity index (χ0v) is 17.0. The van der Waals surface area contributed by atoms with Gasteiger partial charge in [0.1, 0.15) is 0 Å². The number of benzene rings is 1. The summed E-state index contributed by atoms with van der Waals surface area (Å²) in [4.78, 5) is 18.3. The van der Waals surface area contributed by atoms with Crippen LogP contribution in [0, 0.1) is 0 Å². The van der Waals surface area contributed by atoms with Crippen LogP contribution >= 0.6 is 11.6 Å². The second-order valence-corrected chi connectivity index (χ2v) is 6.52. The molecule has 0 aliphatic rings. The molecule has 0 heterocycles. The van der Waals surface area contributed by atoms with Crippen molar-refractivity contribution in [3.8, 4) is 0 Å². The Morgan fingerprint density at radius 2 is 2.00 bits per heavy atom. The first-order valence-electron chi connectivity index (χ1n) is 8.23. The maximum absolute atomic E-state index is 12.2. The normalized spacial score (nSPS) is 11.2. The van der Waals surface area contributed by atoms with Crippen molar-refractivity contribution in [2.75, 3.05) is 46.7 Å². The maximum Gasteiger partial charge on any atom is 0.252 e. The van der Waals surface area contributed by atoms with Gasteiger partial charge in [-0.15, -0.1) is 0 Å². The lowest BCUT2D eigenvalue weighted by molar-refractivity contribution is 0.0951. The second-order valence-electron chi connectivity index (χ2n) is 6.11. The molecule has 1 aromatic carbocycles. The summed E-state index contributed by atoms with van der Waals surface area (Å²) in [6, 6.07) is 5.14. The lowest BCUT2D eigenvalue weighted by Gasteiger charge is -2.16. The summed E-state index contributed by atoms with van der Waals surface area (Å²) in [6.45, 7) is 5.18. The molecule has 0 aliphatic heterocycles. The van der Waals surface area contributed by atoms with Crippen molar-refractivity contribution in [3.05, 3.63) is 40.2 Å². The number of methoxy groups -OCH3 is 1. The predicted molar refractivity (Wildman–Crippen MR) is 108 cm³/mol. The lowest BCUT2D eigenvalue weighted by atomic mass is 10.2. The maximum atomic E-state index is 12.2. The summed E-state index contributed by atoms with van der Waals surface area (Å²) in [7, 11) is 7.14. The quantitative estimate of drug-likeness (QED) is 0.384. The SMILES string of the molecule is CN=C(NC(OC)=C(C)C)Nc1ccc(C(=O)NCCN(C)C)c(Cl)c1. The smallest absolute Gasteiger partial charge is 0.252 e. The van der Waals surface area contributed by atoms with Crippen LogP contribution in [-0.4, -0.2) is 58.1 Å². The van der Waals surface area contributed by atoms with Gasteiger partial charge in [0.2, 0.25) is 5.96 Å². The molecule has 8 heteroatoms. The first-order chi connectivity index (χ1) is 12.3. The molecule has 0 radical (unpaired) electrons. The van der Waals surface area contributed by atoms with Gasteiger partial charge in [-0.25, -0.2) is 0 Å². The van der Waals surface area contributed by atoms with Crippen LogP contribution in [0.25, 0.3) is 0 Å². The topological polar surface area (TPSA) is 78.0 Å². The van der Waals surface area contributed by atoms with Crippen LogP contribution in [0.3, 0.4) is 0 Å². The van der Waals surface area contributed by atoms with E-state index in [1.165, 1.54) is 0 Å². The van der Waals surface area contributed by atoms with Crippen molar-refractivity contribution < 1.29 is 9.53 Å². The van der Waals surface area contributed by atoms with Crippen molar-refractivity contribution in [1.29, 1.82) is 0 Å². The number of nitrogens with one attached hydrogen (secondary N) is 3. The standard InChI is InChI=1S/C18H28ClN5O2/c1-12(2)17(26-6)23-18(20-3)22-13-7-8-14(15(19)11-13)16(25)21-9-10-24(4)5/h7-8,11H,9-10H2,1-6H3,(H,21,25)(H2,20,22,23). The predicted octanol–water partition coefficient (Wildman–Crippen LogP) is 2.52. The molecule has 0 fully saturated rings. The Bertz CT molecular complexity index is 682. The number of aliphatic imine (C=N–C) groups is 1. The second kappa shape index (κ2) is 10.7. The molecule has 0 spiro atoms. The fourth-order valence-electron chi connectivity index (χ4n) is 2.03. The average molecular weight is 382 g/mol. The Morgan fingerprint density at radius 3 is 2.50 bits per heavy atom. The van der Waals surface area contributed by atoms with Crippen LogP contribution in [0.5, 0.6) is 0 Å². The van der Waals surface area contributed by atoms with E-state index in [0.29, 0.717) is 34.7 Å². The Hall–Kier alpha value is -2.25. The van der Waals surface area contributed by atoms with E-state index in [1.807, 2.05) is 32.8 Å². The number of carbonyl (C=O) groups excluding carboxylic acids is 1. The fourth-order valence-corrected chi connectivity index (χ4v) is 2.30. The molecule has 0 aliphatic carbocycles. The highest BCUT2D eigenvalue weighted by Gasteiger charge is 2.12. The van der Waals surface area contributed by atoms with Crippen LogP contribution < -0.4 is 16.0 Å². The molecule has 0 unspecified atom stereocenters. The van der Waals surface area contributed by atoms with E-state index in [1.54, 1.807) is 32.4 Å². The number of likely N-dealkylation sites (N-methyl/N-ethyl adjacent to an activating group) is 1. The van der Waals surface area contributed by atoms with Crippen molar-refractivity contribution >= 4 is 29.2 Å². The van der Waals surface area contributed by atoms with Gasteiger partial charge in [-0.2, -0.15) is 0 Å². The number of carbonyl (C=O) groups is 1. The van der Waals surface area contributed by atoms with Gasteiger partial charge >= 0.3 is 0 Å². The zero-order chi connectivity index (χ0) is 19.7. The molecule has 0 atom stereocenters. The number of anilines is 1. The van der Waals surface area contributed by atoms with Gasteiger partial charge in [0, 0.05) is 25.8 Å². The van der Waals surface area contributed by atoms with Gasteiger partial charge in [0.25, 0.3) is 5.91 Å². The highest BCUT2D eigenvalue weighted by atomic mass is 35.5. The zero-order valence-electron chi connectivity index (χ0n) is 16.2. The van der Waals surface area contributed by atoms with Crippen LogP contribution in [0.4, 0.5) is 5.69 Å². The van der Waals surface area contributed by atoms with E-state index >= 15 is 0 Å². The van der Waals surface area contributed by atoms with E-state index in [0.717, 1.165) is 12.1 Å². The van der Waals surface area contributed by atoms with Gasteiger partial charge < -0.3 is 20.3 Å². The molecule has 1 rings (SSSR count). The molecule has 3 N–H and O–H groups in total. The van der Waals surface area contributed by atoms with Crippen LogP contribution in [0.15, 0.2) is 34.6 Å². The van der Waals surface area contributed by atoms with E-state index in [-0.39, 0.29) is 5.91 Å². The molecule has 1 amide bonds. The molecule has 7 nitrogen and oxygen atoms in total. The Balaban J connectivity index is 2.80. The molecule has 0 aromatic heterocycles.